The van der Waals surface area contributed by atoms with E-state index in [-0.39, 0.29) is 4.90 Å². The second-order valence-corrected chi connectivity index (χ2v) is 8.63. The van der Waals surface area contributed by atoms with E-state index in [0.717, 1.165) is 18.4 Å². The van der Waals surface area contributed by atoms with Crippen LogP contribution in [0, 0.1) is 5.82 Å². The number of nitrogens with one attached hydrogen (secondary N) is 1. The number of hydrogen-bond donors (Lipinski definition) is 2. The minimum Gasteiger partial charge on any atom is -0.368 e. The lowest BCUT2D eigenvalue weighted by Crippen LogP contribution is -2.52. The van der Waals surface area contributed by atoms with Crippen molar-refractivity contribution in [1.82, 2.24) is 4.72 Å². The standard InChI is InChI=1S/C11H15FN2O5S2/c1-11(2,10(13)15)14-21(18,19)9-6-7(20(3,16)17)4-5-8(9)12/h4-6,14H,1-3H3,(H2,13,15). The minimum absolute atomic E-state index is 0.360. The Morgan fingerprint density at radius 2 is 1.76 bits per heavy atom. The minimum atomic E-state index is -4.47. The number of rotatable bonds is 5. The Morgan fingerprint density at radius 3 is 2.19 bits per heavy atom. The topological polar surface area (TPSA) is 123 Å². The third-order valence-corrected chi connectivity index (χ3v) is 5.41. The molecule has 0 aliphatic carbocycles. The van der Waals surface area contributed by atoms with Crippen molar-refractivity contribution in [3.8, 4) is 0 Å². The van der Waals surface area contributed by atoms with Crippen molar-refractivity contribution in [3.63, 3.8) is 0 Å². The molecule has 1 aromatic rings. The van der Waals surface area contributed by atoms with Gasteiger partial charge in [-0.2, -0.15) is 4.72 Å². The fourth-order valence-electron chi connectivity index (χ4n) is 1.36. The third kappa shape index (κ3) is 3.99. The number of primary amides is 1. The Bertz CT molecular complexity index is 785. The Balaban J connectivity index is 3.42. The number of amides is 1. The van der Waals surface area contributed by atoms with E-state index in [0.29, 0.717) is 6.07 Å². The molecular formula is C11H15FN2O5S2. The molecular weight excluding hydrogens is 323 g/mol. The molecule has 7 nitrogen and oxygen atoms in total. The van der Waals surface area contributed by atoms with E-state index in [4.69, 9.17) is 5.73 Å². The summed E-state index contributed by atoms with van der Waals surface area (Å²) in [5.41, 5.74) is 3.38. The van der Waals surface area contributed by atoms with Crippen molar-refractivity contribution in [3.05, 3.63) is 24.0 Å². The van der Waals surface area contributed by atoms with Gasteiger partial charge in [-0.15, -0.1) is 0 Å². The molecule has 0 unspecified atom stereocenters. The van der Waals surface area contributed by atoms with Crippen LogP contribution in [0.15, 0.2) is 28.0 Å². The summed E-state index contributed by atoms with van der Waals surface area (Å²) in [5, 5.41) is 0. The summed E-state index contributed by atoms with van der Waals surface area (Å²) in [6.07, 6.45) is 0.859. The van der Waals surface area contributed by atoms with Crippen molar-refractivity contribution in [2.24, 2.45) is 5.73 Å². The highest BCUT2D eigenvalue weighted by atomic mass is 32.2. The van der Waals surface area contributed by atoms with Crippen LogP contribution in [0.4, 0.5) is 4.39 Å². The Labute approximate surface area is 122 Å². The normalized spacial score (nSPS) is 13.1. The maximum atomic E-state index is 13.7. The largest absolute Gasteiger partial charge is 0.368 e. The average molecular weight is 338 g/mol. The van der Waals surface area contributed by atoms with E-state index in [1.165, 1.54) is 13.8 Å². The van der Waals surface area contributed by atoms with E-state index in [9.17, 15) is 26.0 Å². The summed E-state index contributed by atoms with van der Waals surface area (Å²) in [7, 11) is -8.18. The average Bonchev–Trinajstić information content (AvgIpc) is 2.25. The maximum absolute atomic E-state index is 13.7. The van der Waals surface area contributed by atoms with Crippen LogP contribution in [0.25, 0.3) is 0 Å². The van der Waals surface area contributed by atoms with Gasteiger partial charge in [-0.3, -0.25) is 4.79 Å². The molecule has 1 rings (SSSR count). The number of carbonyl (C=O) groups excluding carboxylic acids is 1. The monoisotopic (exact) mass is 338 g/mol. The van der Waals surface area contributed by atoms with Crippen LogP contribution in [0.3, 0.4) is 0 Å². The van der Waals surface area contributed by atoms with Crippen molar-refractivity contribution in [2.45, 2.75) is 29.2 Å². The SMILES string of the molecule is CC(C)(NS(=O)(=O)c1cc(S(C)(=O)=O)ccc1F)C(N)=O. The lowest BCUT2D eigenvalue weighted by molar-refractivity contribution is -0.122. The van der Waals surface area contributed by atoms with Crippen LogP contribution in [0.5, 0.6) is 0 Å². The summed E-state index contributed by atoms with van der Waals surface area (Å²) in [4.78, 5) is 9.91. The summed E-state index contributed by atoms with van der Waals surface area (Å²) in [6.45, 7) is 2.40. The lowest BCUT2D eigenvalue weighted by Gasteiger charge is -2.22. The van der Waals surface area contributed by atoms with Crippen LogP contribution in [0.1, 0.15) is 13.8 Å². The highest BCUT2D eigenvalue weighted by Crippen LogP contribution is 2.21. The summed E-state index contributed by atoms with van der Waals surface area (Å²) < 4.78 is 62.6. The van der Waals surface area contributed by atoms with Gasteiger partial charge in [-0.1, -0.05) is 0 Å². The van der Waals surface area contributed by atoms with Crippen LogP contribution in [-0.2, 0) is 24.7 Å². The van der Waals surface area contributed by atoms with Gasteiger partial charge in [-0.25, -0.2) is 21.2 Å². The van der Waals surface area contributed by atoms with E-state index in [2.05, 4.69) is 0 Å². The number of nitrogens with two attached hydrogens (primary N) is 1. The molecule has 118 valence electrons. The first-order valence-corrected chi connectivity index (χ1v) is 8.98. The van der Waals surface area contributed by atoms with Gasteiger partial charge in [-0.05, 0) is 32.0 Å². The summed E-state index contributed by atoms with van der Waals surface area (Å²) >= 11 is 0. The molecule has 0 saturated heterocycles. The van der Waals surface area contributed by atoms with Gasteiger partial charge in [0.25, 0.3) is 0 Å². The van der Waals surface area contributed by atoms with E-state index >= 15 is 0 Å². The highest BCUT2D eigenvalue weighted by Gasteiger charge is 2.33. The lowest BCUT2D eigenvalue weighted by atomic mass is 10.1. The van der Waals surface area contributed by atoms with Gasteiger partial charge in [0.2, 0.25) is 15.9 Å². The third-order valence-electron chi connectivity index (χ3n) is 2.63. The van der Waals surface area contributed by atoms with Gasteiger partial charge in [0, 0.05) is 6.26 Å². The molecule has 3 N–H and O–H groups in total. The van der Waals surface area contributed by atoms with Gasteiger partial charge >= 0.3 is 0 Å². The number of halogens is 1. The molecule has 0 radical (unpaired) electrons. The number of benzene rings is 1. The predicted octanol–water partition coefficient (Wildman–Crippen LogP) is -0.229. The molecule has 0 aliphatic rings. The first kappa shape index (κ1) is 17.5. The summed E-state index contributed by atoms with van der Waals surface area (Å²) in [6, 6.07) is 2.36. The fourth-order valence-corrected chi connectivity index (χ4v) is 3.57. The smallest absolute Gasteiger partial charge is 0.244 e. The van der Waals surface area contributed by atoms with Gasteiger partial charge in [0.1, 0.15) is 16.3 Å². The van der Waals surface area contributed by atoms with Crippen molar-refractivity contribution in [1.29, 1.82) is 0 Å². The Morgan fingerprint density at radius 1 is 1.24 bits per heavy atom. The molecule has 0 bridgehead atoms. The fraction of sp³-hybridized carbons (Fsp3) is 0.364. The van der Waals surface area contributed by atoms with Crippen LogP contribution < -0.4 is 10.5 Å². The molecule has 0 fully saturated rings. The Hall–Kier alpha value is -1.52. The molecule has 0 atom stereocenters. The number of carbonyl (C=O) groups is 1. The number of hydrogen-bond acceptors (Lipinski definition) is 5. The first-order valence-electron chi connectivity index (χ1n) is 5.61. The molecule has 1 aromatic carbocycles. The van der Waals surface area contributed by atoms with Crippen LogP contribution in [0.2, 0.25) is 0 Å². The number of sulfone groups is 1. The van der Waals surface area contributed by atoms with Crippen LogP contribution >= 0.6 is 0 Å². The molecule has 0 heterocycles. The van der Waals surface area contributed by atoms with E-state index in [1.54, 1.807) is 0 Å². The summed E-state index contributed by atoms with van der Waals surface area (Å²) in [5.74, 6) is -2.11. The highest BCUT2D eigenvalue weighted by molar-refractivity contribution is 7.91. The van der Waals surface area contributed by atoms with Crippen LogP contribution in [-0.4, -0.2) is 34.5 Å². The van der Waals surface area contributed by atoms with E-state index < -0.39 is 42.0 Å². The molecule has 1 amide bonds. The van der Waals surface area contributed by atoms with Crippen molar-refractivity contribution >= 4 is 25.8 Å². The zero-order chi connectivity index (χ0) is 16.6. The molecule has 0 aromatic heterocycles. The quantitative estimate of drug-likeness (QED) is 0.718. The zero-order valence-corrected chi connectivity index (χ0v) is 13.2. The molecule has 0 spiro atoms. The second-order valence-electron chi connectivity index (χ2n) is 4.96. The maximum Gasteiger partial charge on any atom is 0.244 e. The van der Waals surface area contributed by atoms with Gasteiger partial charge < -0.3 is 5.73 Å². The first-order chi connectivity index (χ1) is 9.27. The Kier molecular flexibility index (Phi) is 4.47. The van der Waals surface area contributed by atoms with Gasteiger partial charge in [0.05, 0.1) is 4.90 Å². The molecule has 21 heavy (non-hydrogen) atoms. The number of sulfonamides is 1. The van der Waals surface area contributed by atoms with E-state index in [1.807, 2.05) is 4.72 Å². The van der Waals surface area contributed by atoms with Crippen molar-refractivity contribution < 1.29 is 26.0 Å². The molecule has 0 saturated carbocycles. The second kappa shape index (κ2) is 5.35. The molecule has 0 aliphatic heterocycles. The van der Waals surface area contributed by atoms with Gasteiger partial charge in [0.15, 0.2) is 9.84 Å². The zero-order valence-electron chi connectivity index (χ0n) is 11.5. The predicted molar refractivity (Wildman–Crippen MR) is 73.1 cm³/mol. The van der Waals surface area contributed by atoms with Crippen molar-refractivity contribution in [2.75, 3.05) is 6.26 Å². The molecule has 10 heteroatoms.